The SMILES string of the molecule is Cc1ccc(F)c(NCC2CCN(C)CC2)c1F. The van der Waals surface area contributed by atoms with Gasteiger partial charge in [-0.05, 0) is 57.5 Å². The van der Waals surface area contributed by atoms with Gasteiger partial charge in [-0.25, -0.2) is 8.78 Å². The molecule has 1 saturated heterocycles. The summed E-state index contributed by atoms with van der Waals surface area (Å²) in [4.78, 5) is 2.28. The van der Waals surface area contributed by atoms with Crippen LogP contribution < -0.4 is 5.32 Å². The Bertz CT molecular complexity index is 413. The fourth-order valence-electron chi connectivity index (χ4n) is 2.33. The summed E-state index contributed by atoms with van der Waals surface area (Å²) in [5, 5.41) is 2.94. The second-order valence-electron chi connectivity index (χ2n) is 5.18. The van der Waals surface area contributed by atoms with Crippen LogP contribution in [-0.4, -0.2) is 31.6 Å². The molecule has 100 valence electrons. The van der Waals surface area contributed by atoms with Crippen LogP contribution in [0.2, 0.25) is 0 Å². The van der Waals surface area contributed by atoms with Crippen LogP contribution in [-0.2, 0) is 0 Å². The molecule has 1 fully saturated rings. The van der Waals surface area contributed by atoms with E-state index in [1.54, 1.807) is 6.92 Å². The Hall–Kier alpha value is -1.16. The quantitative estimate of drug-likeness (QED) is 0.892. The molecule has 0 aromatic heterocycles. The number of hydrogen-bond acceptors (Lipinski definition) is 2. The second kappa shape index (κ2) is 5.65. The summed E-state index contributed by atoms with van der Waals surface area (Å²) in [6.45, 7) is 4.41. The lowest BCUT2D eigenvalue weighted by Gasteiger charge is -2.29. The average Bonchev–Trinajstić information content (AvgIpc) is 2.36. The standard InChI is InChI=1S/C14H20F2N2/c1-10-3-4-12(15)14(13(10)16)17-9-11-5-7-18(2)8-6-11/h3-4,11,17H,5-9H2,1-2H3. The molecule has 1 aromatic rings. The summed E-state index contributed by atoms with van der Waals surface area (Å²) < 4.78 is 27.3. The van der Waals surface area contributed by atoms with Gasteiger partial charge in [0.15, 0.2) is 5.82 Å². The molecule has 18 heavy (non-hydrogen) atoms. The Morgan fingerprint density at radius 3 is 2.61 bits per heavy atom. The molecule has 1 aliphatic heterocycles. The molecule has 0 bridgehead atoms. The third-order valence-corrected chi connectivity index (χ3v) is 3.69. The highest BCUT2D eigenvalue weighted by Gasteiger charge is 2.18. The molecule has 1 aliphatic rings. The molecule has 1 aromatic carbocycles. The molecule has 1 N–H and O–H groups in total. The highest BCUT2D eigenvalue weighted by atomic mass is 19.1. The van der Waals surface area contributed by atoms with Crippen LogP contribution >= 0.6 is 0 Å². The van der Waals surface area contributed by atoms with E-state index in [4.69, 9.17) is 0 Å². The van der Waals surface area contributed by atoms with Crippen LogP contribution in [0, 0.1) is 24.5 Å². The summed E-state index contributed by atoms with van der Waals surface area (Å²) in [5.74, 6) is -0.477. The number of piperidine rings is 1. The minimum Gasteiger partial charge on any atom is -0.380 e. The molecule has 1 heterocycles. The number of nitrogens with zero attached hydrogens (tertiary/aromatic N) is 1. The van der Waals surface area contributed by atoms with Gasteiger partial charge in [0.05, 0.1) is 0 Å². The maximum absolute atomic E-state index is 13.8. The van der Waals surface area contributed by atoms with Crippen molar-refractivity contribution in [2.45, 2.75) is 19.8 Å². The Morgan fingerprint density at radius 2 is 1.94 bits per heavy atom. The highest BCUT2D eigenvalue weighted by molar-refractivity contribution is 5.48. The first kappa shape index (κ1) is 13.3. The smallest absolute Gasteiger partial charge is 0.152 e. The van der Waals surface area contributed by atoms with Crippen molar-refractivity contribution in [3.63, 3.8) is 0 Å². The molecular formula is C14H20F2N2. The molecule has 0 amide bonds. The van der Waals surface area contributed by atoms with Gasteiger partial charge in [0.2, 0.25) is 0 Å². The zero-order valence-electron chi connectivity index (χ0n) is 11.0. The second-order valence-corrected chi connectivity index (χ2v) is 5.18. The predicted molar refractivity (Wildman–Crippen MR) is 69.8 cm³/mol. The van der Waals surface area contributed by atoms with Gasteiger partial charge in [0.25, 0.3) is 0 Å². The molecular weight excluding hydrogens is 234 g/mol. The van der Waals surface area contributed by atoms with Crippen molar-refractivity contribution in [1.82, 2.24) is 4.90 Å². The Balaban J connectivity index is 1.96. The molecule has 4 heteroatoms. The van der Waals surface area contributed by atoms with Gasteiger partial charge in [-0.2, -0.15) is 0 Å². The van der Waals surface area contributed by atoms with Crippen molar-refractivity contribution >= 4 is 5.69 Å². The molecule has 0 saturated carbocycles. The maximum Gasteiger partial charge on any atom is 0.152 e. The molecule has 0 unspecified atom stereocenters. The first-order valence-corrected chi connectivity index (χ1v) is 6.45. The number of aryl methyl sites for hydroxylation is 1. The first-order chi connectivity index (χ1) is 8.58. The summed E-state index contributed by atoms with van der Waals surface area (Å²) in [5.41, 5.74) is 0.496. The fourth-order valence-corrected chi connectivity index (χ4v) is 2.33. The van der Waals surface area contributed by atoms with Gasteiger partial charge in [-0.3, -0.25) is 0 Å². The Morgan fingerprint density at radius 1 is 1.28 bits per heavy atom. The fraction of sp³-hybridized carbons (Fsp3) is 0.571. The van der Waals surface area contributed by atoms with Crippen molar-refractivity contribution in [1.29, 1.82) is 0 Å². The van der Waals surface area contributed by atoms with E-state index in [2.05, 4.69) is 17.3 Å². The summed E-state index contributed by atoms with van der Waals surface area (Å²) >= 11 is 0. The van der Waals surface area contributed by atoms with Crippen molar-refractivity contribution in [3.05, 3.63) is 29.3 Å². The van der Waals surface area contributed by atoms with E-state index in [-0.39, 0.29) is 5.69 Å². The lowest BCUT2D eigenvalue weighted by molar-refractivity contribution is 0.226. The summed E-state index contributed by atoms with van der Waals surface area (Å²) in [7, 11) is 2.10. The molecule has 0 aliphatic carbocycles. The first-order valence-electron chi connectivity index (χ1n) is 6.45. The van der Waals surface area contributed by atoms with Gasteiger partial charge in [0.1, 0.15) is 11.5 Å². The van der Waals surface area contributed by atoms with E-state index in [9.17, 15) is 8.78 Å². The van der Waals surface area contributed by atoms with Crippen LogP contribution in [0.1, 0.15) is 18.4 Å². The predicted octanol–water partition coefficient (Wildman–Crippen LogP) is 3.03. The number of anilines is 1. The van der Waals surface area contributed by atoms with Gasteiger partial charge >= 0.3 is 0 Å². The normalized spacial score (nSPS) is 18.0. The van der Waals surface area contributed by atoms with E-state index in [0.29, 0.717) is 18.0 Å². The Labute approximate surface area is 107 Å². The van der Waals surface area contributed by atoms with Crippen molar-refractivity contribution < 1.29 is 8.78 Å². The molecule has 0 atom stereocenters. The van der Waals surface area contributed by atoms with E-state index < -0.39 is 11.6 Å². The molecule has 2 rings (SSSR count). The zero-order valence-corrected chi connectivity index (χ0v) is 11.0. The summed E-state index contributed by atoms with van der Waals surface area (Å²) in [6, 6.07) is 2.78. The van der Waals surface area contributed by atoms with Crippen LogP contribution in [0.3, 0.4) is 0 Å². The maximum atomic E-state index is 13.8. The molecule has 0 radical (unpaired) electrons. The van der Waals surface area contributed by atoms with Gasteiger partial charge in [-0.1, -0.05) is 6.07 Å². The average molecular weight is 254 g/mol. The number of likely N-dealkylation sites (tertiary alicyclic amines) is 1. The number of nitrogens with one attached hydrogen (secondary N) is 1. The van der Waals surface area contributed by atoms with E-state index in [1.165, 1.54) is 12.1 Å². The van der Waals surface area contributed by atoms with Crippen LogP contribution in [0.4, 0.5) is 14.5 Å². The number of rotatable bonds is 3. The number of halogens is 2. The van der Waals surface area contributed by atoms with Crippen LogP contribution in [0.15, 0.2) is 12.1 Å². The largest absolute Gasteiger partial charge is 0.380 e. The lowest BCUT2D eigenvalue weighted by Crippen LogP contribution is -2.33. The minimum absolute atomic E-state index is 0.0222. The van der Waals surface area contributed by atoms with E-state index >= 15 is 0 Å². The number of hydrogen-bond donors (Lipinski definition) is 1. The topological polar surface area (TPSA) is 15.3 Å². The monoisotopic (exact) mass is 254 g/mol. The highest BCUT2D eigenvalue weighted by Crippen LogP contribution is 2.23. The van der Waals surface area contributed by atoms with Gasteiger partial charge in [-0.15, -0.1) is 0 Å². The van der Waals surface area contributed by atoms with Gasteiger partial charge in [0, 0.05) is 6.54 Å². The zero-order chi connectivity index (χ0) is 13.1. The van der Waals surface area contributed by atoms with Crippen molar-refractivity contribution in [3.8, 4) is 0 Å². The lowest BCUT2D eigenvalue weighted by atomic mass is 9.97. The molecule has 2 nitrogen and oxygen atoms in total. The molecule has 0 spiro atoms. The van der Waals surface area contributed by atoms with Crippen molar-refractivity contribution in [2.24, 2.45) is 5.92 Å². The Kier molecular flexibility index (Phi) is 4.17. The van der Waals surface area contributed by atoms with Crippen LogP contribution in [0.25, 0.3) is 0 Å². The summed E-state index contributed by atoms with van der Waals surface area (Å²) in [6.07, 6.45) is 2.16. The van der Waals surface area contributed by atoms with Gasteiger partial charge < -0.3 is 10.2 Å². The van der Waals surface area contributed by atoms with Crippen LogP contribution in [0.5, 0.6) is 0 Å². The number of benzene rings is 1. The van der Waals surface area contributed by atoms with Crippen molar-refractivity contribution in [2.75, 3.05) is 32.0 Å². The van der Waals surface area contributed by atoms with E-state index in [0.717, 1.165) is 25.9 Å². The van der Waals surface area contributed by atoms with E-state index in [1.807, 2.05) is 0 Å². The third-order valence-electron chi connectivity index (χ3n) is 3.69. The third kappa shape index (κ3) is 2.99. The minimum atomic E-state index is -0.508.